The number of aliphatic imine (C=N–C) groups is 1. The van der Waals surface area contributed by atoms with Crippen molar-refractivity contribution in [2.75, 3.05) is 0 Å². The van der Waals surface area contributed by atoms with E-state index in [2.05, 4.69) is 37.9 Å². The fraction of sp³-hybridized carbons (Fsp3) is 0.500. The highest BCUT2D eigenvalue weighted by atomic mass is 16.5. The quantitative estimate of drug-likeness (QED) is 0.305. The van der Waals surface area contributed by atoms with Crippen LogP contribution in [0.5, 0.6) is 0 Å². The number of rotatable bonds is 10. The smallest absolute Gasteiger partial charge is 0.340 e. The summed E-state index contributed by atoms with van der Waals surface area (Å²) in [5, 5.41) is 0. The zero-order valence-electron chi connectivity index (χ0n) is 26.2. The molecule has 216 valence electrons. The molecule has 0 bridgehead atoms. The van der Waals surface area contributed by atoms with Crippen molar-refractivity contribution in [3.63, 3.8) is 0 Å². The summed E-state index contributed by atoms with van der Waals surface area (Å²) in [4.78, 5) is 35.2. The van der Waals surface area contributed by atoms with Crippen LogP contribution in [0.2, 0.25) is 0 Å². The predicted octanol–water partition coefficient (Wildman–Crippen LogP) is 8.18. The van der Waals surface area contributed by atoms with E-state index in [1.807, 2.05) is 55.4 Å². The maximum absolute atomic E-state index is 13.3. The summed E-state index contributed by atoms with van der Waals surface area (Å²) in [6.45, 7) is 22.0. The Morgan fingerprint density at radius 3 is 1.77 bits per heavy atom. The summed E-state index contributed by atoms with van der Waals surface area (Å²) in [5.41, 5.74) is 10.8. The molecule has 0 aliphatic carbocycles. The molecular formula is C34H46N2O4. The van der Waals surface area contributed by atoms with Gasteiger partial charge in [-0.2, -0.15) is 0 Å². The maximum Gasteiger partial charge on any atom is 0.340 e. The molecule has 1 aliphatic heterocycles. The molecule has 2 heterocycles. The van der Waals surface area contributed by atoms with Crippen LogP contribution >= 0.6 is 0 Å². The fourth-order valence-corrected chi connectivity index (χ4v) is 5.82. The van der Waals surface area contributed by atoms with Gasteiger partial charge < -0.3 is 14.5 Å². The highest BCUT2D eigenvalue weighted by molar-refractivity contribution is 6.22. The van der Waals surface area contributed by atoms with Gasteiger partial charge in [-0.25, -0.2) is 9.59 Å². The number of ether oxygens (including phenoxy) is 2. The van der Waals surface area contributed by atoms with Gasteiger partial charge in [0.15, 0.2) is 0 Å². The van der Waals surface area contributed by atoms with E-state index in [0.717, 1.165) is 70.5 Å². The number of nitrogens with zero attached hydrogens (tertiary/aromatic N) is 1. The molecule has 6 nitrogen and oxygen atoms in total. The second-order valence-corrected chi connectivity index (χ2v) is 11.0. The standard InChI is InChI=1S/C34H46N2O4/c1-12-25(13-2)39-33(37)28-21(8)31(35-23(28)10)30(27-19(6)16-18(5)17-20(27)7)32-22(9)29(24(11)36-32)34(38)40-26(14-3)15-4/h16-17,25-26,35H,12-15H2,1-11H3/b32-30-. The zero-order chi connectivity index (χ0) is 29.9. The predicted molar refractivity (Wildman–Crippen MR) is 163 cm³/mol. The molecule has 0 saturated carbocycles. The summed E-state index contributed by atoms with van der Waals surface area (Å²) in [6.07, 6.45) is 2.80. The van der Waals surface area contributed by atoms with Gasteiger partial charge in [-0.15, -0.1) is 0 Å². The highest BCUT2D eigenvalue weighted by Gasteiger charge is 2.32. The molecule has 0 spiro atoms. The number of benzene rings is 1. The van der Waals surface area contributed by atoms with E-state index < -0.39 is 0 Å². The first kappa shape index (κ1) is 31.1. The first-order chi connectivity index (χ1) is 18.9. The second-order valence-electron chi connectivity index (χ2n) is 11.0. The number of esters is 2. The first-order valence-electron chi connectivity index (χ1n) is 14.6. The average Bonchev–Trinajstić information content (AvgIpc) is 3.36. The Morgan fingerprint density at radius 1 is 0.775 bits per heavy atom. The molecule has 1 aromatic carbocycles. The van der Waals surface area contributed by atoms with E-state index in [1.54, 1.807) is 0 Å². The number of aryl methyl sites for hydroxylation is 4. The number of nitrogens with one attached hydrogen (secondary N) is 1. The third-order valence-corrected chi connectivity index (χ3v) is 8.00. The van der Waals surface area contributed by atoms with Gasteiger partial charge in [-0.1, -0.05) is 45.4 Å². The number of hydrogen-bond acceptors (Lipinski definition) is 5. The van der Waals surface area contributed by atoms with Crippen LogP contribution in [0, 0.1) is 34.6 Å². The topological polar surface area (TPSA) is 80.8 Å². The Bertz CT molecular complexity index is 1370. The van der Waals surface area contributed by atoms with E-state index in [1.165, 1.54) is 5.56 Å². The molecule has 0 radical (unpaired) electrons. The number of carbonyl (C=O) groups is 2. The van der Waals surface area contributed by atoms with Crippen LogP contribution in [0.4, 0.5) is 0 Å². The van der Waals surface area contributed by atoms with Crippen molar-refractivity contribution in [3.8, 4) is 0 Å². The van der Waals surface area contributed by atoms with E-state index in [0.29, 0.717) is 22.5 Å². The van der Waals surface area contributed by atoms with Gasteiger partial charge in [-0.05, 0) is 102 Å². The van der Waals surface area contributed by atoms with Crippen LogP contribution in [0.1, 0.15) is 117 Å². The molecular weight excluding hydrogens is 500 g/mol. The SMILES string of the molecule is CCC(CC)OC(=O)C1=C(C)/C(=C(/c2[nH]c(C)c(C(=O)OC(CC)CC)c2C)c2c(C)cc(C)cc2C)N=C1C. The van der Waals surface area contributed by atoms with Gasteiger partial charge in [0, 0.05) is 11.3 Å². The van der Waals surface area contributed by atoms with Crippen LogP contribution in [0.25, 0.3) is 5.57 Å². The minimum absolute atomic E-state index is 0.125. The molecule has 0 fully saturated rings. The summed E-state index contributed by atoms with van der Waals surface area (Å²) >= 11 is 0. The Labute approximate surface area is 240 Å². The number of hydrogen-bond donors (Lipinski definition) is 1. The average molecular weight is 547 g/mol. The highest BCUT2D eigenvalue weighted by Crippen LogP contribution is 2.41. The number of aromatic nitrogens is 1. The van der Waals surface area contributed by atoms with Crippen LogP contribution in [-0.2, 0) is 14.3 Å². The van der Waals surface area contributed by atoms with Crippen LogP contribution in [-0.4, -0.2) is 34.8 Å². The van der Waals surface area contributed by atoms with Crippen molar-refractivity contribution in [1.82, 2.24) is 4.98 Å². The Hall–Kier alpha value is -3.41. The minimum atomic E-state index is -0.340. The molecule has 1 N–H and O–H groups in total. The van der Waals surface area contributed by atoms with Gasteiger partial charge in [0.05, 0.1) is 28.2 Å². The van der Waals surface area contributed by atoms with Crippen LogP contribution < -0.4 is 0 Å². The lowest BCUT2D eigenvalue weighted by atomic mass is 9.87. The molecule has 3 rings (SSSR count). The third kappa shape index (κ3) is 6.01. The number of carbonyl (C=O) groups excluding carboxylic acids is 2. The molecule has 0 atom stereocenters. The van der Waals surface area contributed by atoms with Crippen molar-refractivity contribution >= 4 is 23.2 Å². The van der Waals surface area contributed by atoms with Crippen molar-refractivity contribution in [2.45, 2.75) is 114 Å². The van der Waals surface area contributed by atoms with Crippen molar-refractivity contribution in [2.24, 2.45) is 4.99 Å². The zero-order valence-corrected chi connectivity index (χ0v) is 26.2. The van der Waals surface area contributed by atoms with Gasteiger partial charge in [0.1, 0.15) is 12.2 Å². The summed E-state index contributed by atoms with van der Waals surface area (Å²) < 4.78 is 11.7. The Morgan fingerprint density at radius 2 is 1.27 bits per heavy atom. The molecule has 0 amide bonds. The Kier molecular flexibility index (Phi) is 9.99. The molecule has 0 saturated heterocycles. The monoisotopic (exact) mass is 546 g/mol. The fourth-order valence-electron chi connectivity index (χ4n) is 5.82. The maximum atomic E-state index is 13.3. The van der Waals surface area contributed by atoms with Gasteiger partial charge in [-0.3, -0.25) is 4.99 Å². The van der Waals surface area contributed by atoms with E-state index >= 15 is 0 Å². The minimum Gasteiger partial charge on any atom is -0.459 e. The van der Waals surface area contributed by atoms with E-state index in [4.69, 9.17) is 14.5 Å². The van der Waals surface area contributed by atoms with Gasteiger partial charge in [0.25, 0.3) is 0 Å². The normalized spacial score (nSPS) is 14.8. The lowest BCUT2D eigenvalue weighted by Gasteiger charge is -2.18. The molecule has 1 aliphatic rings. The Balaban J connectivity index is 2.32. The lowest BCUT2D eigenvalue weighted by Crippen LogP contribution is -2.20. The number of aromatic amines is 1. The third-order valence-electron chi connectivity index (χ3n) is 8.00. The van der Waals surface area contributed by atoms with Gasteiger partial charge >= 0.3 is 11.9 Å². The summed E-state index contributed by atoms with van der Waals surface area (Å²) in [5.74, 6) is -0.659. The van der Waals surface area contributed by atoms with Crippen molar-refractivity contribution < 1.29 is 19.1 Å². The molecule has 2 aromatic rings. The summed E-state index contributed by atoms with van der Waals surface area (Å²) in [7, 11) is 0. The largest absolute Gasteiger partial charge is 0.459 e. The number of H-pyrrole nitrogens is 1. The van der Waals surface area contributed by atoms with Crippen LogP contribution in [0.3, 0.4) is 0 Å². The van der Waals surface area contributed by atoms with Gasteiger partial charge in [0.2, 0.25) is 0 Å². The molecule has 6 heteroatoms. The second kappa shape index (κ2) is 12.8. The number of allylic oxidation sites excluding steroid dienone is 1. The first-order valence-corrected chi connectivity index (χ1v) is 14.6. The molecule has 40 heavy (non-hydrogen) atoms. The lowest BCUT2D eigenvalue weighted by molar-refractivity contribution is -0.143. The summed E-state index contributed by atoms with van der Waals surface area (Å²) in [6, 6.07) is 4.31. The van der Waals surface area contributed by atoms with Crippen molar-refractivity contribution in [3.05, 3.63) is 73.7 Å². The van der Waals surface area contributed by atoms with E-state index in [9.17, 15) is 9.59 Å². The van der Waals surface area contributed by atoms with Crippen molar-refractivity contribution in [1.29, 1.82) is 0 Å². The van der Waals surface area contributed by atoms with E-state index in [-0.39, 0.29) is 24.1 Å². The van der Waals surface area contributed by atoms with Crippen LogP contribution in [0.15, 0.2) is 34.0 Å². The molecule has 1 aromatic heterocycles. The molecule has 0 unspecified atom stereocenters.